The van der Waals surface area contributed by atoms with Crippen molar-refractivity contribution in [2.45, 2.75) is 6.92 Å². The van der Waals surface area contributed by atoms with Crippen LogP contribution < -0.4 is 4.90 Å². The fraction of sp³-hybridized carbons (Fsp3) is 0.364. The van der Waals surface area contributed by atoms with Crippen molar-refractivity contribution in [2.75, 3.05) is 25.6 Å². The first-order valence-corrected chi connectivity index (χ1v) is 4.98. The summed E-state index contributed by atoms with van der Waals surface area (Å²) in [6.07, 6.45) is 0. The monoisotopic (exact) mass is 238 g/mol. The van der Waals surface area contributed by atoms with E-state index in [9.17, 15) is 14.9 Å². The van der Waals surface area contributed by atoms with E-state index in [-0.39, 0.29) is 12.2 Å². The molecule has 0 aromatic heterocycles. The summed E-state index contributed by atoms with van der Waals surface area (Å²) in [6.45, 7) is 1.82. The van der Waals surface area contributed by atoms with Crippen LogP contribution in [0.15, 0.2) is 18.2 Å². The van der Waals surface area contributed by atoms with Gasteiger partial charge in [0, 0.05) is 24.9 Å². The van der Waals surface area contributed by atoms with E-state index in [1.54, 1.807) is 24.9 Å². The van der Waals surface area contributed by atoms with E-state index >= 15 is 0 Å². The van der Waals surface area contributed by atoms with Crippen LogP contribution in [0.25, 0.3) is 0 Å². The maximum Gasteiger partial charge on any atom is 0.325 e. The van der Waals surface area contributed by atoms with E-state index in [0.29, 0.717) is 5.69 Å². The van der Waals surface area contributed by atoms with E-state index in [1.807, 2.05) is 0 Å². The summed E-state index contributed by atoms with van der Waals surface area (Å²) in [6, 6.07) is 4.68. The van der Waals surface area contributed by atoms with Crippen molar-refractivity contribution in [2.24, 2.45) is 0 Å². The lowest BCUT2D eigenvalue weighted by molar-refractivity contribution is -0.384. The fourth-order valence-electron chi connectivity index (χ4n) is 1.42. The molecule has 1 aromatic carbocycles. The molecule has 0 saturated heterocycles. The third kappa shape index (κ3) is 3.44. The minimum Gasteiger partial charge on any atom is -0.468 e. The number of non-ortho nitro benzene ring substituents is 1. The molecule has 0 radical (unpaired) electrons. The number of carbonyl (C=O) groups is 1. The topological polar surface area (TPSA) is 72.7 Å². The van der Waals surface area contributed by atoms with E-state index in [4.69, 9.17) is 0 Å². The molecule has 0 unspecified atom stereocenters. The van der Waals surface area contributed by atoms with Gasteiger partial charge in [0.15, 0.2) is 0 Å². The molecule has 0 aliphatic rings. The summed E-state index contributed by atoms with van der Waals surface area (Å²) in [7, 11) is 2.98. The average molecular weight is 238 g/mol. The zero-order chi connectivity index (χ0) is 13.0. The molecule has 0 heterocycles. The van der Waals surface area contributed by atoms with Gasteiger partial charge in [0.25, 0.3) is 5.69 Å². The third-order valence-corrected chi connectivity index (χ3v) is 2.29. The van der Waals surface area contributed by atoms with Gasteiger partial charge in [-0.15, -0.1) is 0 Å². The number of nitro benzene ring substituents is 1. The summed E-state index contributed by atoms with van der Waals surface area (Å²) in [5.74, 6) is -0.392. The van der Waals surface area contributed by atoms with E-state index in [0.717, 1.165) is 5.56 Å². The molecule has 0 N–H and O–H groups in total. The average Bonchev–Trinajstić information content (AvgIpc) is 2.27. The largest absolute Gasteiger partial charge is 0.468 e. The van der Waals surface area contributed by atoms with Gasteiger partial charge in [0.2, 0.25) is 0 Å². The Labute approximate surface area is 98.9 Å². The van der Waals surface area contributed by atoms with Crippen LogP contribution in [0.2, 0.25) is 0 Å². The van der Waals surface area contributed by atoms with Gasteiger partial charge in [-0.05, 0) is 18.6 Å². The van der Waals surface area contributed by atoms with Crippen LogP contribution in [0, 0.1) is 17.0 Å². The van der Waals surface area contributed by atoms with Crippen LogP contribution in [0.5, 0.6) is 0 Å². The van der Waals surface area contributed by atoms with Crippen LogP contribution in [0.3, 0.4) is 0 Å². The SMILES string of the molecule is COC(=O)CN(C)c1cc(C)cc([N+](=O)[O-])c1. The van der Waals surface area contributed by atoms with Crippen molar-refractivity contribution in [3.05, 3.63) is 33.9 Å². The highest BCUT2D eigenvalue weighted by Gasteiger charge is 2.12. The summed E-state index contributed by atoms with van der Waals surface area (Å²) in [5.41, 5.74) is 1.39. The number of methoxy groups -OCH3 is 1. The molecule has 6 heteroatoms. The number of hydrogen-bond acceptors (Lipinski definition) is 5. The van der Waals surface area contributed by atoms with Crippen molar-refractivity contribution in [3.63, 3.8) is 0 Å². The quantitative estimate of drug-likeness (QED) is 0.451. The first kappa shape index (κ1) is 13.0. The number of carbonyl (C=O) groups excluding carboxylic acids is 1. The molecule has 0 amide bonds. The van der Waals surface area contributed by atoms with Gasteiger partial charge in [-0.2, -0.15) is 0 Å². The number of ether oxygens (including phenoxy) is 1. The lowest BCUT2D eigenvalue weighted by Crippen LogP contribution is -2.26. The number of aryl methyl sites for hydroxylation is 1. The Balaban J connectivity index is 2.97. The molecule has 0 spiro atoms. The molecule has 0 atom stereocenters. The van der Waals surface area contributed by atoms with E-state index in [1.165, 1.54) is 19.2 Å². The van der Waals surface area contributed by atoms with Gasteiger partial charge < -0.3 is 9.64 Å². The van der Waals surface area contributed by atoms with E-state index < -0.39 is 10.9 Å². The predicted octanol–water partition coefficient (Wildman–Crippen LogP) is 1.51. The predicted molar refractivity (Wildman–Crippen MR) is 63.1 cm³/mol. The van der Waals surface area contributed by atoms with Gasteiger partial charge in [-0.3, -0.25) is 14.9 Å². The molecule has 17 heavy (non-hydrogen) atoms. The molecule has 0 bridgehead atoms. The molecule has 92 valence electrons. The molecule has 0 fully saturated rings. The Kier molecular flexibility index (Phi) is 4.03. The summed E-state index contributed by atoms with van der Waals surface area (Å²) in [5, 5.41) is 10.7. The van der Waals surface area contributed by atoms with Gasteiger partial charge in [-0.1, -0.05) is 0 Å². The smallest absolute Gasteiger partial charge is 0.325 e. The standard InChI is InChI=1S/C11H14N2O4/c1-8-4-9(6-10(5-8)13(15)16)12(2)7-11(14)17-3/h4-6H,7H2,1-3H3. The first-order chi connectivity index (χ1) is 7.93. The second-order valence-corrected chi connectivity index (χ2v) is 3.72. The Morgan fingerprint density at radius 3 is 2.65 bits per heavy atom. The van der Waals surface area contributed by atoms with Crippen molar-refractivity contribution in [1.29, 1.82) is 0 Å². The number of nitro groups is 1. The number of nitrogens with zero attached hydrogens (tertiary/aromatic N) is 2. The minimum absolute atomic E-state index is 0.0108. The normalized spacial score (nSPS) is 9.82. The second kappa shape index (κ2) is 5.29. The highest BCUT2D eigenvalue weighted by Crippen LogP contribution is 2.22. The number of likely N-dealkylation sites (N-methyl/N-ethyl adjacent to an activating group) is 1. The molecular formula is C11H14N2O4. The van der Waals surface area contributed by atoms with Crippen molar-refractivity contribution in [3.8, 4) is 0 Å². The Hall–Kier alpha value is -2.11. The molecule has 0 aliphatic carbocycles. The molecule has 1 rings (SSSR count). The molecule has 6 nitrogen and oxygen atoms in total. The Bertz CT molecular complexity index is 445. The van der Waals surface area contributed by atoms with Gasteiger partial charge in [0.05, 0.1) is 12.0 Å². The van der Waals surface area contributed by atoms with Crippen LogP contribution >= 0.6 is 0 Å². The van der Waals surface area contributed by atoms with Gasteiger partial charge in [-0.25, -0.2) is 0 Å². The van der Waals surface area contributed by atoms with Crippen LogP contribution in [0.4, 0.5) is 11.4 Å². The summed E-state index contributed by atoms with van der Waals surface area (Å²) >= 11 is 0. The lowest BCUT2D eigenvalue weighted by atomic mass is 10.2. The minimum atomic E-state index is -0.456. The third-order valence-electron chi connectivity index (χ3n) is 2.29. The van der Waals surface area contributed by atoms with Crippen molar-refractivity contribution in [1.82, 2.24) is 0 Å². The lowest BCUT2D eigenvalue weighted by Gasteiger charge is -2.17. The number of benzene rings is 1. The molecular weight excluding hydrogens is 224 g/mol. The van der Waals surface area contributed by atoms with Gasteiger partial charge >= 0.3 is 5.97 Å². The molecule has 1 aromatic rings. The van der Waals surface area contributed by atoms with E-state index in [2.05, 4.69) is 4.74 Å². The summed E-state index contributed by atoms with van der Waals surface area (Å²) < 4.78 is 4.54. The Morgan fingerprint density at radius 2 is 2.12 bits per heavy atom. The summed E-state index contributed by atoms with van der Waals surface area (Å²) in [4.78, 5) is 23.0. The number of hydrogen-bond donors (Lipinski definition) is 0. The second-order valence-electron chi connectivity index (χ2n) is 3.72. The van der Waals surface area contributed by atoms with Crippen LogP contribution in [-0.2, 0) is 9.53 Å². The zero-order valence-corrected chi connectivity index (χ0v) is 9.97. The fourth-order valence-corrected chi connectivity index (χ4v) is 1.42. The zero-order valence-electron chi connectivity index (χ0n) is 9.97. The molecule has 0 aliphatic heterocycles. The first-order valence-electron chi connectivity index (χ1n) is 4.98. The maximum absolute atomic E-state index is 11.1. The Morgan fingerprint density at radius 1 is 1.47 bits per heavy atom. The van der Waals surface area contributed by atoms with Crippen molar-refractivity contribution >= 4 is 17.3 Å². The number of esters is 1. The van der Waals surface area contributed by atoms with Crippen molar-refractivity contribution < 1.29 is 14.5 Å². The highest BCUT2D eigenvalue weighted by molar-refractivity contribution is 5.75. The molecule has 0 saturated carbocycles. The van der Waals surface area contributed by atoms with Gasteiger partial charge in [0.1, 0.15) is 6.54 Å². The van der Waals surface area contributed by atoms with Crippen LogP contribution in [0.1, 0.15) is 5.56 Å². The maximum atomic E-state index is 11.1. The number of rotatable bonds is 4. The highest BCUT2D eigenvalue weighted by atomic mass is 16.6. The number of anilines is 1. The van der Waals surface area contributed by atoms with Crippen LogP contribution in [-0.4, -0.2) is 31.6 Å².